The summed E-state index contributed by atoms with van der Waals surface area (Å²) >= 11 is 3.56. The van der Waals surface area contributed by atoms with Crippen LogP contribution in [0.1, 0.15) is 23.8 Å². The Kier molecular flexibility index (Phi) is 5.04. The first kappa shape index (κ1) is 16.5. The zero-order valence-electron chi connectivity index (χ0n) is 13.4. The molecule has 1 aliphatic rings. The Bertz CT molecular complexity index is 674. The molecule has 23 heavy (non-hydrogen) atoms. The largest absolute Gasteiger partial charge is 0.373 e. The van der Waals surface area contributed by atoms with Crippen molar-refractivity contribution in [1.29, 1.82) is 0 Å². The van der Waals surface area contributed by atoms with Gasteiger partial charge in [-0.3, -0.25) is 4.79 Å². The molecule has 1 aromatic carbocycles. The monoisotopic (exact) mass is 379 g/mol. The lowest BCUT2D eigenvalue weighted by Gasteiger charge is -2.28. The number of hydrogen-bond acceptors (Lipinski definition) is 3. The minimum Gasteiger partial charge on any atom is -0.373 e. The normalized spacial score (nSPS) is 21.5. The van der Waals surface area contributed by atoms with Crippen LogP contribution in [0.2, 0.25) is 0 Å². The van der Waals surface area contributed by atoms with E-state index in [2.05, 4.69) is 33.5 Å². The number of amides is 1. The standard InChI is InChI=1S/C17H22BrN3O2/c1-11-9-19-10-12(23-11)7-8-20-17(22)16-15(18)13-5-3-4-6-14(13)21(16)2/h3-6,11-12,19H,7-10H2,1-2H3,(H,20,22). The third kappa shape index (κ3) is 3.44. The van der Waals surface area contributed by atoms with Crippen molar-refractivity contribution in [2.24, 2.45) is 7.05 Å². The molecule has 2 unspecified atom stereocenters. The number of nitrogens with zero attached hydrogens (tertiary/aromatic N) is 1. The summed E-state index contributed by atoms with van der Waals surface area (Å²) in [4.78, 5) is 12.5. The highest BCUT2D eigenvalue weighted by atomic mass is 79.9. The van der Waals surface area contributed by atoms with Crippen molar-refractivity contribution in [3.63, 3.8) is 0 Å². The number of morpholine rings is 1. The quantitative estimate of drug-likeness (QED) is 0.857. The lowest BCUT2D eigenvalue weighted by Crippen LogP contribution is -2.44. The molecule has 2 heterocycles. The summed E-state index contributed by atoms with van der Waals surface area (Å²) in [7, 11) is 1.91. The van der Waals surface area contributed by atoms with Gasteiger partial charge in [0, 0.05) is 37.6 Å². The maximum Gasteiger partial charge on any atom is 0.269 e. The Morgan fingerprint density at radius 1 is 1.43 bits per heavy atom. The molecule has 1 aliphatic heterocycles. The predicted octanol–water partition coefficient (Wildman–Crippen LogP) is 2.44. The van der Waals surface area contributed by atoms with Gasteiger partial charge in [-0.25, -0.2) is 0 Å². The highest BCUT2D eigenvalue weighted by Gasteiger charge is 2.21. The minimum absolute atomic E-state index is 0.0626. The summed E-state index contributed by atoms with van der Waals surface area (Å²) in [5.41, 5.74) is 1.69. The van der Waals surface area contributed by atoms with Gasteiger partial charge in [0.25, 0.3) is 5.91 Å². The first-order valence-electron chi connectivity index (χ1n) is 7.95. The number of para-hydroxylation sites is 1. The average Bonchev–Trinajstić information content (AvgIpc) is 2.79. The van der Waals surface area contributed by atoms with Crippen LogP contribution in [-0.2, 0) is 11.8 Å². The second kappa shape index (κ2) is 7.03. The Morgan fingerprint density at radius 3 is 2.96 bits per heavy atom. The molecule has 1 aromatic heterocycles. The lowest BCUT2D eigenvalue weighted by molar-refractivity contribution is -0.0301. The van der Waals surface area contributed by atoms with Gasteiger partial charge >= 0.3 is 0 Å². The first-order chi connectivity index (χ1) is 11.1. The van der Waals surface area contributed by atoms with E-state index in [-0.39, 0.29) is 18.1 Å². The van der Waals surface area contributed by atoms with Crippen LogP contribution in [0.5, 0.6) is 0 Å². The summed E-state index contributed by atoms with van der Waals surface area (Å²) in [6.45, 7) is 4.40. The Hall–Kier alpha value is -1.37. The van der Waals surface area contributed by atoms with E-state index < -0.39 is 0 Å². The van der Waals surface area contributed by atoms with Crippen molar-refractivity contribution in [2.45, 2.75) is 25.6 Å². The van der Waals surface area contributed by atoms with Crippen LogP contribution in [0.25, 0.3) is 10.9 Å². The van der Waals surface area contributed by atoms with Crippen LogP contribution in [-0.4, -0.2) is 42.3 Å². The maximum atomic E-state index is 12.5. The van der Waals surface area contributed by atoms with E-state index in [1.54, 1.807) is 0 Å². The van der Waals surface area contributed by atoms with E-state index in [9.17, 15) is 4.79 Å². The molecule has 6 heteroatoms. The van der Waals surface area contributed by atoms with E-state index in [0.717, 1.165) is 34.9 Å². The third-order valence-electron chi connectivity index (χ3n) is 4.24. The van der Waals surface area contributed by atoms with E-state index in [1.807, 2.05) is 35.9 Å². The van der Waals surface area contributed by atoms with Crippen LogP contribution in [0.3, 0.4) is 0 Å². The number of fused-ring (bicyclic) bond motifs is 1. The van der Waals surface area contributed by atoms with Crippen LogP contribution < -0.4 is 10.6 Å². The SMILES string of the molecule is CC1CNCC(CCNC(=O)c2c(Br)c3ccccc3n2C)O1. The van der Waals surface area contributed by atoms with Gasteiger partial charge in [0.2, 0.25) is 0 Å². The molecule has 1 amide bonds. The number of halogens is 1. The molecule has 2 N–H and O–H groups in total. The fraction of sp³-hybridized carbons (Fsp3) is 0.471. The van der Waals surface area contributed by atoms with Crippen LogP contribution in [0.15, 0.2) is 28.7 Å². The molecule has 0 radical (unpaired) electrons. The fourth-order valence-electron chi connectivity index (χ4n) is 3.07. The molecule has 124 valence electrons. The highest BCUT2D eigenvalue weighted by molar-refractivity contribution is 9.10. The van der Waals surface area contributed by atoms with E-state index >= 15 is 0 Å². The molecular weight excluding hydrogens is 358 g/mol. The van der Waals surface area contributed by atoms with Gasteiger partial charge < -0.3 is 19.9 Å². The predicted molar refractivity (Wildman–Crippen MR) is 94.8 cm³/mol. The summed E-state index contributed by atoms with van der Waals surface area (Å²) in [5.74, 6) is -0.0626. The second-order valence-electron chi connectivity index (χ2n) is 6.01. The molecule has 0 spiro atoms. The fourth-order valence-corrected chi connectivity index (χ4v) is 3.85. The lowest BCUT2D eigenvalue weighted by atomic mass is 10.2. The van der Waals surface area contributed by atoms with Crippen molar-refractivity contribution >= 4 is 32.7 Å². The van der Waals surface area contributed by atoms with Crippen molar-refractivity contribution in [3.05, 3.63) is 34.4 Å². The Morgan fingerprint density at radius 2 is 2.22 bits per heavy atom. The number of aryl methyl sites for hydroxylation is 1. The van der Waals surface area contributed by atoms with Crippen LogP contribution >= 0.6 is 15.9 Å². The van der Waals surface area contributed by atoms with Gasteiger partial charge in [-0.2, -0.15) is 0 Å². The van der Waals surface area contributed by atoms with Gasteiger partial charge in [0.05, 0.1) is 16.7 Å². The summed E-state index contributed by atoms with van der Waals surface area (Å²) in [6.07, 6.45) is 1.21. The highest BCUT2D eigenvalue weighted by Crippen LogP contribution is 2.30. The number of carbonyl (C=O) groups excluding carboxylic acids is 1. The zero-order valence-corrected chi connectivity index (χ0v) is 15.0. The molecule has 2 aromatic rings. The third-order valence-corrected chi connectivity index (χ3v) is 5.04. The van der Waals surface area contributed by atoms with Crippen molar-refractivity contribution < 1.29 is 9.53 Å². The number of benzene rings is 1. The molecule has 5 nitrogen and oxygen atoms in total. The number of aromatic nitrogens is 1. The Labute approximate surface area is 144 Å². The van der Waals surface area contributed by atoms with Gasteiger partial charge in [-0.15, -0.1) is 0 Å². The topological polar surface area (TPSA) is 55.3 Å². The second-order valence-corrected chi connectivity index (χ2v) is 6.80. The van der Waals surface area contributed by atoms with E-state index in [0.29, 0.717) is 12.2 Å². The summed E-state index contributed by atoms with van der Waals surface area (Å²) in [6, 6.07) is 7.98. The first-order valence-corrected chi connectivity index (χ1v) is 8.74. The summed E-state index contributed by atoms with van der Waals surface area (Å²) < 4.78 is 8.61. The molecule has 0 bridgehead atoms. The maximum absolute atomic E-state index is 12.5. The molecule has 0 saturated carbocycles. The van der Waals surface area contributed by atoms with Crippen LogP contribution in [0.4, 0.5) is 0 Å². The number of hydrogen-bond donors (Lipinski definition) is 2. The van der Waals surface area contributed by atoms with Crippen LogP contribution in [0, 0.1) is 0 Å². The Balaban J connectivity index is 1.65. The van der Waals surface area contributed by atoms with Gasteiger partial charge in [-0.1, -0.05) is 18.2 Å². The zero-order chi connectivity index (χ0) is 16.4. The van der Waals surface area contributed by atoms with E-state index in [4.69, 9.17) is 4.74 Å². The van der Waals surface area contributed by atoms with Crippen molar-refractivity contribution in [3.8, 4) is 0 Å². The number of nitrogens with one attached hydrogen (secondary N) is 2. The number of ether oxygens (including phenoxy) is 1. The number of carbonyl (C=O) groups is 1. The molecule has 2 atom stereocenters. The molecular formula is C17H22BrN3O2. The smallest absolute Gasteiger partial charge is 0.269 e. The van der Waals surface area contributed by atoms with Gasteiger partial charge in [0.1, 0.15) is 5.69 Å². The molecule has 0 aliphatic carbocycles. The van der Waals surface area contributed by atoms with Crippen molar-refractivity contribution in [1.82, 2.24) is 15.2 Å². The summed E-state index contributed by atoms with van der Waals surface area (Å²) in [5, 5.41) is 7.40. The van der Waals surface area contributed by atoms with Gasteiger partial charge in [-0.05, 0) is 35.3 Å². The minimum atomic E-state index is -0.0626. The van der Waals surface area contributed by atoms with Gasteiger partial charge in [0.15, 0.2) is 0 Å². The molecule has 1 saturated heterocycles. The number of rotatable bonds is 4. The average molecular weight is 380 g/mol. The molecule has 3 rings (SSSR count). The van der Waals surface area contributed by atoms with Crippen molar-refractivity contribution in [2.75, 3.05) is 19.6 Å². The molecule has 1 fully saturated rings. The van der Waals surface area contributed by atoms with E-state index in [1.165, 1.54) is 0 Å².